The highest BCUT2D eigenvalue weighted by atomic mass is 15.2. The van der Waals surface area contributed by atoms with Crippen LogP contribution in [0.4, 0.5) is 5.95 Å². The Morgan fingerprint density at radius 3 is 2.29 bits per heavy atom. The van der Waals surface area contributed by atoms with Crippen LogP contribution in [0.5, 0.6) is 0 Å². The van der Waals surface area contributed by atoms with Gasteiger partial charge in [0.05, 0.1) is 5.69 Å². The fraction of sp³-hybridized carbons (Fsp3) is 0.786. The number of anilines is 1. The highest BCUT2D eigenvalue weighted by molar-refractivity contribution is 5.28. The van der Waals surface area contributed by atoms with Crippen LogP contribution in [0.3, 0.4) is 0 Å². The lowest BCUT2D eigenvalue weighted by Gasteiger charge is -2.26. The van der Waals surface area contributed by atoms with Crippen molar-refractivity contribution in [3.63, 3.8) is 0 Å². The van der Waals surface area contributed by atoms with Gasteiger partial charge >= 0.3 is 0 Å². The van der Waals surface area contributed by atoms with Crippen LogP contribution in [0.25, 0.3) is 0 Å². The van der Waals surface area contributed by atoms with Crippen molar-refractivity contribution in [1.82, 2.24) is 9.55 Å². The fourth-order valence-electron chi connectivity index (χ4n) is 2.40. The van der Waals surface area contributed by atoms with Crippen molar-refractivity contribution in [2.45, 2.75) is 48.1 Å². The van der Waals surface area contributed by atoms with Crippen molar-refractivity contribution < 1.29 is 0 Å². The second-order valence-corrected chi connectivity index (χ2v) is 5.54. The van der Waals surface area contributed by atoms with E-state index in [9.17, 15) is 0 Å². The molecule has 98 valence electrons. The summed E-state index contributed by atoms with van der Waals surface area (Å²) < 4.78 is 2.27. The third kappa shape index (κ3) is 3.76. The first-order valence-corrected chi connectivity index (χ1v) is 6.73. The highest BCUT2D eigenvalue weighted by Gasteiger charge is 2.19. The van der Waals surface area contributed by atoms with Crippen LogP contribution in [-0.2, 0) is 6.54 Å². The maximum atomic E-state index is 4.52. The van der Waals surface area contributed by atoms with Gasteiger partial charge < -0.3 is 9.88 Å². The van der Waals surface area contributed by atoms with Crippen molar-refractivity contribution in [1.29, 1.82) is 0 Å². The van der Waals surface area contributed by atoms with E-state index in [1.807, 2.05) is 0 Å². The first-order valence-electron chi connectivity index (χ1n) is 6.73. The molecule has 3 nitrogen and oxygen atoms in total. The largest absolute Gasteiger partial charge is 0.356 e. The molecule has 3 heteroatoms. The average molecular weight is 237 g/mol. The fourth-order valence-corrected chi connectivity index (χ4v) is 2.40. The number of hydrogen-bond acceptors (Lipinski definition) is 2. The van der Waals surface area contributed by atoms with Gasteiger partial charge in [0.1, 0.15) is 0 Å². The molecule has 1 heterocycles. The maximum Gasteiger partial charge on any atom is 0.203 e. The number of rotatable bonds is 6. The molecule has 0 aliphatic heterocycles. The Bertz CT molecular complexity index is 331. The van der Waals surface area contributed by atoms with Crippen molar-refractivity contribution in [3.05, 3.63) is 11.9 Å². The summed E-state index contributed by atoms with van der Waals surface area (Å²) in [5, 5.41) is 3.33. The molecule has 0 aromatic carbocycles. The predicted octanol–water partition coefficient (Wildman–Crippen LogP) is 3.55. The van der Waals surface area contributed by atoms with Gasteiger partial charge in [-0.25, -0.2) is 4.98 Å². The van der Waals surface area contributed by atoms with E-state index in [1.54, 1.807) is 0 Å². The molecule has 1 aromatic rings. The van der Waals surface area contributed by atoms with Crippen LogP contribution in [0.15, 0.2) is 6.20 Å². The molecule has 0 saturated heterocycles. The minimum atomic E-state index is 0.695. The first kappa shape index (κ1) is 14.1. The molecule has 1 rings (SSSR count). The summed E-state index contributed by atoms with van der Waals surface area (Å²) in [5.41, 5.74) is 1.09. The summed E-state index contributed by atoms with van der Waals surface area (Å²) >= 11 is 0. The number of nitrogens with one attached hydrogen (secondary N) is 1. The third-order valence-electron chi connectivity index (χ3n) is 3.35. The summed E-state index contributed by atoms with van der Waals surface area (Å²) in [7, 11) is 0. The van der Waals surface area contributed by atoms with Crippen LogP contribution < -0.4 is 5.32 Å². The van der Waals surface area contributed by atoms with E-state index in [0.717, 1.165) is 24.7 Å². The average Bonchev–Trinajstić information content (AvgIpc) is 2.55. The molecule has 0 spiro atoms. The van der Waals surface area contributed by atoms with E-state index in [4.69, 9.17) is 0 Å². The lowest BCUT2D eigenvalue weighted by atomic mass is 9.85. The lowest BCUT2D eigenvalue weighted by Crippen LogP contribution is -2.22. The first-order chi connectivity index (χ1) is 7.95. The van der Waals surface area contributed by atoms with Crippen molar-refractivity contribution in [2.24, 2.45) is 17.8 Å². The smallest absolute Gasteiger partial charge is 0.203 e. The Morgan fingerprint density at radius 1 is 1.24 bits per heavy atom. The molecular formula is C14H27N3. The Balaban J connectivity index is 2.84. The zero-order valence-electron chi connectivity index (χ0n) is 12.1. The van der Waals surface area contributed by atoms with E-state index in [-0.39, 0.29) is 0 Å². The zero-order chi connectivity index (χ0) is 13.0. The summed E-state index contributed by atoms with van der Waals surface area (Å²) in [5.74, 6) is 3.11. The van der Waals surface area contributed by atoms with Gasteiger partial charge in [-0.15, -0.1) is 0 Å². The van der Waals surface area contributed by atoms with Crippen LogP contribution in [0.1, 0.15) is 40.3 Å². The zero-order valence-corrected chi connectivity index (χ0v) is 12.1. The van der Waals surface area contributed by atoms with E-state index >= 15 is 0 Å². The Morgan fingerprint density at radius 2 is 1.82 bits per heavy atom. The van der Waals surface area contributed by atoms with Gasteiger partial charge in [-0.05, 0) is 31.6 Å². The Kier molecular flexibility index (Phi) is 5.03. The Labute approximate surface area is 106 Å². The van der Waals surface area contributed by atoms with E-state index in [2.05, 4.69) is 62.6 Å². The molecule has 0 aliphatic rings. The molecular weight excluding hydrogens is 210 g/mol. The monoisotopic (exact) mass is 237 g/mol. The van der Waals surface area contributed by atoms with Gasteiger partial charge in [0.25, 0.3) is 0 Å². The van der Waals surface area contributed by atoms with E-state index in [0.29, 0.717) is 17.8 Å². The Hall–Kier alpha value is -0.990. The van der Waals surface area contributed by atoms with E-state index < -0.39 is 0 Å². The van der Waals surface area contributed by atoms with Gasteiger partial charge in [0.15, 0.2) is 0 Å². The number of imidazole rings is 1. The van der Waals surface area contributed by atoms with Gasteiger partial charge in [-0.2, -0.15) is 0 Å². The van der Waals surface area contributed by atoms with Gasteiger partial charge in [0.2, 0.25) is 5.95 Å². The second kappa shape index (κ2) is 6.08. The molecule has 1 aromatic heterocycles. The molecule has 0 radical (unpaired) electrons. The molecule has 0 atom stereocenters. The summed E-state index contributed by atoms with van der Waals surface area (Å²) in [4.78, 5) is 4.52. The topological polar surface area (TPSA) is 29.9 Å². The highest BCUT2D eigenvalue weighted by Crippen LogP contribution is 2.24. The lowest BCUT2D eigenvalue weighted by molar-refractivity contribution is 0.253. The number of aryl methyl sites for hydroxylation is 1. The second-order valence-electron chi connectivity index (χ2n) is 5.54. The SMILES string of the molecule is CCNc1nc(C)cn1CC(C(C)C)C(C)C. The van der Waals surface area contributed by atoms with Crippen molar-refractivity contribution in [2.75, 3.05) is 11.9 Å². The quantitative estimate of drug-likeness (QED) is 0.820. The normalized spacial score (nSPS) is 11.8. The molecule has 0 fully saturated rings. The minimum absolute atomic E-state index is 0.695. The molecule has 1 N–H and O–H groups in total. The van der Waals surface area contributed by atoms with Gasteiger partial charge in [-0.3, -0.25) is 0 Å². The van der Waals surface area contributed by atoms with Gasteiger partial charge in [0, 0.05) is 19.3 Å². The third-order valence-corrected chi connectivity index (χ3v) is 3.35. The van der Waals surface area contributed by atoms with E-state index in [1.165, 1.54) is 0 Å². The van der Waals surface area contributed by atoms with Crippen LogP contribution >= 0.6 is 0 Å². The maximum absolute atomic E-state index is 4.52. The van der Waals surface area contributed by atoms with Crippen LogP contribution in [0, 0.1) is 24.7 Å². The standard InChI is InChI=1S/C14H27N3/c1-7-15-14-16-12(6)8-17(14)9-13(10(2)3)11(4)5/h8,10-11,13H,7,9H2,1-6H3,(H,15,16). The molecule has 0 unspecified atom stereocenters. The molecule has 0 aliphatic carbocycles. The van der Waals surface area contributed by atoms with Crippen LogP contribution in [0.2, 0.25) is 0 Å². The number of hydrogen-bond donors (Lipinski definition) is 1. The van der Waals surface area contributed by atoms with Gasteiger partial charge in [-0.1, -0.05) is 27.7 Å². The van der Waals surface area contributed by atoms with Crippen LogP contribution in [-0.4, -0.2) is 16.1 Å². The summed E-state index contributed by atoms with van der Waals surface area (Å²) in [6, 6.07) is 0. The molecule has 0 bridgehead atoms. The number of aromatic nitrogens is 2. The summed E-state index contributed by atoms with van der Waals surface area (Å²) in [6.45, 7) is 15.4. The molecule has 0 amide bonds. The number of nitrogens with zero attached hydrogens (tertiary/aromatic N) is 2. The molecule has 0 saturated carbocycles. The minimum Gasteiger partial charge on any atom is -0.356 e. The predicted molar refractivity (Wildman–Crippen MR) is 74.3 cm³/mol. The molecule has 17 heavy (non-hydrogen) atoms. The summed E-state index contributed by atoms with van der Waals surface area (Å²) in [6.07, 6.45) is 2.15. The van der Waals surface area contributed by atoms with Crippen molar-refractivity contribution >= 4 is 5.95 Å². The van der Waals surface area contributed by atoms with Crippen molar-refractivity contribution in [3.8, 4) is 0 Å².